The summed E-state index contributed by atoms with van der Waals surface area (Å²) in [6.07, 6.45) is 13.7. The van der Waals surface area contributed by atoms with Crippen molar-refractivity contribution in [3.63, 3.8) is 0 Å². The molecule has 0 N–H and O–H groups in total. The summed E-state index contributed by atoms with van der Waals surface area (Å²) in [4.78, 5) is 17.9. The van der Waals surface area contributed by atoms with E-state index < -0.39 is 0 Å². The van der Waals surface area contributed by atoms with Gasteiger partial charge in [-0.3, -0.25) is 0 Å². The Morgan fingerprint density at radius 2 is 1.16 bits per heavy atom. The van der Waals surface area contributed by atoms with Crippen molar-refractivity contribution in [3.8, 4) is 39.9 Å². The van der Waals surface area contributed by atoms with E-state index in [0.717, 1.165) is 40.9 Å². The van der Waals surface area contributed by atoms with Crippen LogP contribution < -0.4 is 4.90 Å². The molecular formula is C45H35N5. The van der Waals surface area contributed by atoms with Gasteiger partial charge < -0.3 is 9.47 Å². The van der Waals surface area contributed by atoms with E-state index in [4.69, 9.17) is 15.0 Å². The molecule has 0 bridgehead atoms. The first kappa shape index (κ1) is 28.9. The fraction of sp³-hybridized carbons (Fsp3) is 0.133. The lowest BCUT2D eigenvalue weighted by molar-refractivity contribution is 0.667. The first-order valence-corrected chi connectivity index (χ1v) is 17.7. The highest BCUT2D eigenvalue weighted by Crippen LogP contribution is 2.49. The standard InChI is InChI=1S/C45H35N5/c1-3-15-30(16-4-1)43-46-44(31-17-5-2-6-18-31)48-45(47-43)32-27-33(49-39-23-11-7-19-35(39)36-20-8-12-24-40(36)49)29-34(28-32)50-41-25-13-9-21-37(41)38-22-10-14-26-42(38)50/h1-9,11-13,15-21,23-25,27-29,35,39H,10,14,22,26H2. The first-order chi connectivity index (χ1) is 24.8. The molecule has 10 rings (SSSR count). The van der Waals surface area contributed by atoms with Crippen molar-refractivity contribution in [2.75, 3.05) is 4.90 Å². The average molecular weight is 646 g/mol. The van der Waals surface area contributed by atoms with Gasteiger partial charge in [-0.15, -0.1) is 0 Å². The Morgan fingerprint density at radius 1 is 0.540 bits per heavy atom. The minimum Gasteiger partial charge on any atom is -0.333 e. The Balaban J connectivity index is 1.25. The molecule has 2 unspecified atom stereocenters. The van der Waals surface area contributed by atoms with Crippen LogP contribution in [0.25, 0.3) is 50.8 Å². The molecule has 240 valence electrons. The van der Waals surface area contributed by atoms with E-state index >= 15 is 0 Å². The number of anilines is 2. The fourth-order valence-electron chi connectivity index (χ4n) is 8.31. The summed E-state index contributed by atoms with van der Waals surface area (Å²) in [5, 5.41) is 1.36. The zero-order valence-electron chi connectivity index (χ0n) is 27.7. The number of hydrogen-bond donors (Lipinski definition) is 0. The normalized spacial score (nSPS) is 17.5. The minimum atomic E-state index is 0.175. The van der Waals surface area contributed by atoms with Gasteiger partial charge in [0, 0.05) is 50.8 Å². The van der Waals surface area contributed by atoms with Crippen LogP contribution in [0.15, 0.2) is 152 Å². The number of aromatic nitrogens is 4. The van der Waals surface area contributed by atoms with Crippen LogP contribution >= 0.6 is 0 Å². The molecule has 2 aromatic heterocycles. The van der Waals surface area contributed by atoms with E-state index in [2.05, 4.69) is 125 Å². The van der Waals surface area contributed by atoms with Gasteiger partial charge in [-0.1, -0.05) is 121 Å². The van der Waals surface area contributed by atoms with Crippen LogP contribution in [0.2, 0.25) is 0 Å². The number of rotatable bonds is 5. The highest BCUT2D eigenvalue weighted by Gasteiger charge is 2.37. The van der Waals surface area contributed by atoms with Crippen molar-refractivity contribution < 1.29 is 0 Å². The van der Waals surface area contributed by atoms with E-state index in [1.165, 1.54) is 46.3 Å². The first-order valence-electron chi connectivity index (χ1n) is 17.7. The summed E-state index contributed by atoms with van der Waals surface area (Å²) in [6.45, 7) is 0. The summed E-state index contributed by atoms with van der Waals surface area (Å²) < 4.78 is 2.52. The number of hydrogen-bond acceptors (Lipinski definition) is 4. The molecule has 2 atom stereocenters. The van der Waals surface area contributed by atoms with Gasteiger partial charge in [-0.25, -0.2) is 15.0 Å². The number of fused-ring (bicyclic) bond motifs is 6. The summed E-state index contributed by atoms with van der Waals surface area (Å²) in [7, 11) is 0. The molecule has 0 spiro atoms. The molecule has 7 aromatic rings. The van der Waals surface area contributed by atoms with Crippen LogP contribution in [0.1, 0.15) is 35.6 Å². The maximum atomic E-state index is 5.19. The summed E-state index contributed by atoms with van der Waals surface area (Å²) in [6, 6.07) is 45.4. The zero-order chi connectivity index (χ0) is 33.0. The third-order valence-corrected chi connectivity index (χ3v) is 10.5. The number of aryl methyl sites for hydroxylation is 1. The predicted molar refractivity (Wildman–Crippen MR) is 203 cm³/mol. The SMILES string of the molecule is C1=CC2c3ccccc3N(c3cc(-c4nc(-c5ccccc5)nc(-c5ccccc5)n4)cc(-n4c5c(c6ccccc64)CCCC5)c3)C2C=C1. The van der Waals surface area contributed by atoms with Crippen LogP contribution in [0.4, 0.5) is 11.4 Å². The second-order valence-corrected chi connectivity index (χ2v) is 13.5. The number of benzene rings is 5. The van der Waals surface area contributed by atoms with Crippen LogP contribution in [0.3, 0.4) is 0 Å². The Hall–Kier alpha value is -6.07. The molecule has 3 heterocycles. The molecule has 50 heavy (non-hydrogen) atoms. The van der Waals surface area contributed by atoms with E-state index in [9.17, 15) is 0 Å². The largest absolute Gasteiger partial charge is 0.333 e. The third kappa shape index (κ3) is 4.72. The van der Waals surface area contributed by atoms with Crippen molar-refractivity contribution >= 4 is 22.3 Å². The number of nitrogens with zero attached hydrogens (tertiary/aromatic N) is 5. The molecular weight excluding hydrogens is 611 g/mol. The fourth-order valence-corrected chi connectivity index (χ4v) is 8.31. The highest BCUT2D eigenvalue weighted by atomic mass is 15.2. The van der Waals surface area contributed by atoms with Gasteiger partial charge in [0.2, 0.25) is 0 Å². The lowest BCUT2D eigenvalue weighted by atomic mass is 9.91. The smallest absolute Gasteiger partial charge is 0.164 e. The average Bonchev–Trinajstić information content (AvgIpc) is 3.71. The second-order valence-electron chi connectivity index (χ2n) is 13.5. The van der Waals surface area contributed by atoms with Crippen molar-refractivity contribution in [3.05, 3.63) is 169 Å². The van der Waals surface area contributed by atoms with Gasteiger partial charge in [0.1, 0.15) is 0 Å². The molecule has 2 aliphatic carbocycles. The van der Waals surface area contributed by atoms with Gasteiger partial charge in [0.15, 0.2) is 17.5 Å². The summed E-state index contributed by atoms with van der Waals surface area (Å²) >= 11 is 0. The third-order valence-electron chi connectivity index (χ3n) is 10.5. The van der Waals surface area contributed by atoms with Crippen molar-refractivity contribution in [2.24, 2.45) is 0 Å². The Bertz CT molecular complexity index is 2400. The van der Waals surface area contributed by atoms with Crippen LogP contribution in [-0.4, -0.2) is 25.6 Å². The van der Waals surface area contributed by atoms with Gasteiger partial charge in [0.25, 0.3) is 0 Å². The zero-order valence-corrected chi connectivity index (χ0v) is 27.7. The highest BCUT2D eigenvalue weighted by molar-refractivity contribution is 5.89. The Labute approximate surface area is 291 Å². The molecule has 5 nitrogen and oxygen atoms in total. The molecule has 5 aromatic carbocycles. The Morgan fingerprint density at radius 3 is 1.94 bits per heavy atom. The van der Waals surface area contributed by atoms with Crippen LogP contribution in [-0.2, 0) is 12.8 Å². The quantitative estimate of drug-likeness (QED) is 0.187. The Kier molecular flexibility index (Phi) is 6.83. The molecule has 3 aliphatic rings. The predicted octanol–water partition coefficient (Wildman–Crippen LogP) is 10.4. The summed E-state index contributed by atoms with van der Waals surface area (Å²) in [5.74, 6) is 2.28. The van der Waals surface area contributed by atoms with Crippen molar-refractivity contribution in [1.82, 2.24) is 19.5 Å². The number of allylic oxidation sites excluding steroid dienone is 2. The molecule has 0 fully saturated rings. The van der Waals surface area contributed by atoms with Crippen molar-refractivity contribution in [1.29, 1.82) is 0 Å². The summed E-state index contributed by atoms with van der Waals surface area (Å²) in [5.41, 5.74) is 11.9. The number of para-hydroxylation sites is 2. The molecule has 0 saturated heterocycles. The van der Waals surface area contributed by atoms with Crippen LogP contribution in [0.5, 0.6) is 0 Å². The van der Waals surface area contributed by atoms with Gasteiger partial charge >= 0.3 is 0 Å². The maximum Gasteiger partial charge on any atom is 0.164 e. The van der Waals surface area contributed by atoms with Gasteiger partial charge in [0.05, 0.1) is 11.6 Å². The van der Waals surface area contributed by atoms with E-state index in [0.29, 0.717) is 17.5 Å². The van der Waals surface area contributed by atoms with Gasteiger partial charge in [-0.2, -0.15) is 0 Å². The molecule has 0 saturated carbocycles. The van der Waals surface area contributed by atoms with E-state index in [1.807, 2.05) is 36.4 Å². The van der Waals surface area contributed by atoms with Crippen LogP contribution in [0, 0.1) is 0 Å². The lowest BCUT2D eigenvalue weighted by Crippen LogP contribution is -2.28. The second kappa shape index (κ2) is 11.8. The molecule has 0 radical (unpaired) electrons. The maximum absolute atomic E-state index is 5.19. The lowest BCUT2D eigenvalue weighted by Gasteiger charge is -2.30. The van der Waals surface area contributed by atoms with E-state index in [-0.39, 0.29) is 12.0 Å². The van der Waals surface area contributed by atoms with Gasteiger partial charge in [-0.05, 0) is 67.1 Å². The van der Waals surface area contributed by atoms with E-state index in [1.54, 1.807) is 0 Å². The topological polar surface area (TPSA) is 46.8 Å². The monoisotopic (exact) mass is 645 g/mol. The van der Waals surface area contributed by atoms with Crippen molar-refractivity contribution in [2.45, 2.75) is 37.6 Å². The minimum absolute atomic E-state index is 0.175. The molecule has 0 amide bonds. The molecule has 5 heteroatoms. The molecule has 1 aliphatic heterocycles.